The zero-order valence-corrected chi connectivity index (χ0v) is 15.6. The highest BCUT2D eigenvalue weighted by molar-refractivity contribution is 6.31. The summed E-state index contributed by atoms with van der Waals surface area (Å²) < 4.78 is 6.94. The van der Waals surface area contributed by atoms with E-state index in [9.17, 15) is 4.79 Å². The van der Waals surface area contributed by atoms with Crippen molar-refractivity contribution in [3.8, 4) is 11.4 Å². The van der Waals surface area contributed by atoms with E-state index in [0.29, 0.717) is 16.4 Å². The molecule has 1 heterocycles. The first-order valence-corrected chi connectivity index (χ1v) is 9.16. The summed E-state index contributed by atoms with van der Waals surface area (Å²) in [7, 11) is 1.63. The molecule has 4 rings (SSSR count). The standard InChI is InChI=1S/C20H19ClN4O2/c1-27-15-7-5-13-3-2-4-16(17(13)10-15)20(26)24-18-9-14(21)6-8-19(18)25-12-22-11-23-25/h5-12,16H,2-4H2,1H3,(H,24,26). The lowest BCUT2D eigenvalue weighted by Gasteiger charge is -2.25. The largest absolute Gasteiger partial charge is 0.497 e. The molecule has 1 aromatic heterocycles. The Morgan fingerprint density at radius 1 is 1.30 bits per heavy atom. The van der Waals surface area contributed by atoms with E-state index in [-0.39, 0.29) is 11.8 Å². The molecule has 1 amide bonds. The van der Waals surface area contributed by atoms with E-state index in [2.05, 4.69) is 15.4 Å². The molecule has 3 aromatic rings. The summed E-state index contributed by atoms with van der Waals surface area (Å²) in [6.45, 7) is 0. The van der Waals surface area contributed by atoms with Gasteiger partial charge in [-0.3, -0.25) is 4.79 Å². The number of hydrogen-bond donors (Lipinski definition) is 1. The molecule has 1 atom stereocenters. The van der Waals surface area contributed by atoms with Gasteiger partial charge in [0.2, 0.25) is 5.91 Å². The molecule has 7 heteroatoms. The zero-order valence-electron chi connectivity index (χ0n) is 14.9. The molecular formula is C20H19ClN4O2. The molecule has 27 heavy (non-hydrogen) atoms. The zero-order chi connectivity index (χ0) is 18.8. The fourth-order valence-electron chi connectivity index (χ4n) is 3.54. The van der Waals surface area contributed by atoms with E-state index in [1.165, 1.54) is 11.9 Å². The fourth-order valence-corrected chi connectivity index (χ4v) is 3.71. The van der Waals surface area contributed by atoms with Crippen molar-refractivity contribution in [1.29, 1.82) is 0 Å². The van der Waals surface area contributed by atoms with Crippen molar-refractivity contribution in [2.24, 2.45) is 0 Å². The van der Waals surface area contributed by atoms with Crippen LogP contribution in [0.4, 0.5) is 5.69 Å². The highest BCUT2D eigenvalue weighted by atomic mass is 35.5. The van der Waals surface area contributed by atoms with Crippen LogP contribution in [0.1, 0.15) is 29.9 Å². The Morgan fingerprint density at radius 2 is 2.19 bits per heavy atom. The minimum atomic E-state index is -0.230. The number of benzene rings is 2. The molecule has 2 aromatic carbocycles. The van der Waals surface area contributed by atoms with Gasteiger partial charge in [-0.2, -0.15) is 5.10 Å². The van der Waals surface area contributed by atoms with E-state index in [4.69, 9.17) is 16.3 Å². The number of rotatable bonds is 4. The van der Waals surface area contributed by atoms with Gasteiger partial charge in [0.25, 0.3) is 0 Å². The molecule has 0 aliphatic heterocycles. The molecular weight excluding hydrogens is 364 g/mol. The molecule has 1 unspecified atom stereocenters. The van der Waals surface area contributed by atoms with Crippen LogP contribution in [0, 0.1) is 0 Å². The number of nitrogens with one attached hydrogen (secondary N) is 1. The lowest BCUT2D eigenvalue weighted by atomic mass is 9.82. The Balaban J connectivity index is 1.66. The van der Waals surface area contributed by atoms with Gasteiger partial charge >= 0.3 is 0 Å². The summed E-state index contributed by atoms with van der Waals surface area (Å²) in [5.74, 6) is 0.471. The first-order valence-electron chi connectivity index (χ1n) is 8.78. The van der Waals surface area contributed by atoms with Gasteiger partial charge in [-0.05, 0) is 60.7 Å². The van der Waals surface area contributed by atoms with Crippen molar-refractivity contribution in [2.45, 2.75) is 25.2 Å². The maximum atomic E-state index is 13.1. The van der Waals surface area contributed by atoms with Gasteiger partial charge in [-0.25, -0.2) is 9.67 Å². The number of carbonyl (C=O) groups is 1. The Labute approximate surface area is 162 Å². The second-order valence-electron chi connectivity index (χ2n) is 6.50. The van der Waals surface area contributed by atoms with Crippen LogP contribution >= 0.6 is 11.6 Å². The predicted molar refractivity (Wildman–Crippen MR) is 104 cm³/mol. The summed E-state index contributed by atoms with van der Waals surface area (Å²) in [4.78, 5) is 17.1. The molecule has 0 radical (unpaired) electrons. The third-order valence-corrected chi connectivity index (χ3v) is 5.10. The number of amides is 1. The lowest BCUT2D eigenvalue weighted by molar-refractivity contribution is -0.117. The number of fused-ring (bicyclic) bond motifs is 1. The van der Waals surface area contributed by atoms with Crippen molar-refractivity contribution < 1.29 is 9.53 Å². The van der Waals surface area contributed by atoms with Gasteiger partial charge < -0.3 is 10.1 Å². The van der Waals surface area contributed by atoms with Crippen LogP contribution in [-0.4, -0.2) is 27.8 Å². The monoisotopic (exact) mass is 382 g/mol. The predicted octanol–water partition coefficient (Wildman–Crippen LogP) is 3.99. The van der Waals surface area contributed by atoms with Crippen molar-refractivity contribution in [3.63, 3.8) is 0 Å². The molecule has 6 nitrogen and oxygen atoms in total. The van der Waals surface area contributed by atoms with E-state index in [1.807, 2.05) is 24.3 Å². The minimum Gasteiger partial charge on any atom is -0.497 e. The number of aromatic nitrogens is 3. The van der Waals surface area contributed by atoms with E-state index < -0.39 is 0 Å². The van der Waals surface area contributed by atoms with E-state index in [1.54, 1.807) is 30.3 Å². The summed E-state index contributed by atoms with van der Waals surface area (Å²) in [5, 5.41) is 7.73. The normalized spacial score (nSPS) is 15.9. The van der Waals surface area contributed by atoms with Crippen molar-refractivity contribution in [2.75, 3.05) is 12.4 Å². The van der Waals surface area contributed by atoms with Crippen LogP contribution in [-0.2, 0) is 11.2 Å². The SMILES string of the molecule is COc1ccc2c(c1)C(C(=O)Nc1cc(Cl)ccc1-n1cncn1)CCC2. The second kappa shape index (κ2) is 7.40. The number of anilines is 1. The van der Waals surface area contributed by atoms with Crippen LogP contribution in [0.5, 0.6) is 5.75 Å². The van der Waals surface area contributed by atoms with Gasteiger partial charge in [0.1, 0.15) is 18.4 Å². The smallest absolute Gasteiger partial charge is 0.231 e. The third kappa shape index (κ3) is 3.53. The number of hydrogen-bond acceptors (Lipinski definition) is 4. The molecule has 0 spiro atoms. The Hall–Kier alpha value is -2.86. The maximum absolute atomic E-state index is 13.1. The molecule has 0 fully saturated rings. The second-order valence-corrected chi connectivity index (χ2v) is 6.94. The minimum absolute atomic E-state index is 0.0622. The van der Waals surface area contributed by atoms with Crippen LogP contribution in [0.3, 0.4) is 0 Å². The summed E-state index contributed by atoms with van der Waals surface area (Å²) >= 11 is 6.15. The molecule has 1 N–H and O–H groups in total. The average molecular weight is 383 g/mol. The van der Waals surface area contributed by atoms with Crippen molar-refractivity contribution >= 4 is 23.2 Å². The van der Waals surface area contributed by atoms with Crippen LogP contribution in [0.25, 0.3) is 5.69 Å². The van der Waals surface area contributed by atoms with Gasteiger partial charge in [0.05, 0.1) is 24.4 Å². The number of methoxy groups -OCH3 is 1. The third-order valence-electron chi connectivity index (χ3n) is 4.87. The van der Waals surface area contributed by atoms with Gasteiger partial charge in [0, 0.05) is 5.02 Å². The fraction of sp³-hybridized carbons (Fsp3) is 0.250. The summed E-state index contributed by atoms with van der Waals surface area (Å²) in [5.41, 5.74) is 3.55. The Morgan fingerprint density at radius 3 is 2.96 bits per heavy atom. The van der Waals surface area contributed by atoms with Crippen LogP contribution in [0.2, 0.25) is 5.02 Å². The highest BCUT2D eigenvalue weighted by Crippen LogP contribution is 2.35. The Kier molecular flexibility index (Phi) is 4.81. The van der Waals surface area contributed by atoms with E-state index in [0.717, 1.165) is 30.6 Å². The van der Waals surface area contributed by atoms with E-state index >= 15 is 0 Å². The molecule has 138 valence electrons. The summed E-state index contributed by atoms with van der Waals surface area (Å²) in [6, 6.07) is 11.3. The lowest BCUT2D eigenvalue weighted by Crippen LogP contribution is -2.25. The molecule has 1 aliphatic rings. The number of aryl methyl sites for hydroxylation is 1. The van der Waals surface area contributed by atoms with Crippen molar-refractivity contribution in [1.82, 2.24) is 14.8 Å². The first-order chi connectivity index (χ1) is 13.2. The molecule has 0 bridgehead atoms. The molecule has 0 saturated carbocycles. The quantitative estimate of drug-likeness (QED) is 0.740. The molecule has 1 aliphatic carbocycles. The van der Waals surface area contributed by atoms with Crippen LogP contribution < -0.4 is 10.1 Å². The van der Waals surface area contributed by atoms with Gasteiger partial charge in [-0.1, -0.05) is 17.7 Å². The first kappa shape index (κ1) is 17.5. The number of carbonyl (C=O) groups excluding carboxylic acids is 1. The van der Waals surface area contributed by atoms with Gasteiger partial charge in [0.15, 0.2) is 0 Å². The van der Waals surface area contributed by atoms with Gasteiger partial charge in [-0.15, -0.1) is 0 Å². The maximum Gasteiger partial charge on any atom is 0.231 e. The number of ether oxygens (including phenoxy) is 1. The number of nitrogens with zero attached hydrogens (tertiary/aromatic N) is 3. The Bertz CT molecular complexity index is 972. The average Bonchev–Trinajstić information content (AvgIpc) is 3.21. The summed E-state index contributed by atoms with van der Waals surface area (Å²) in [6.07, 6.45) is 5.78. The number of halogens is 1. The molecule has 0 saturated heterocycles. The van der Waals surface area contributed by atoms with Crippen LogP contribution in [0.15, 0.2) is 49.1 Å². The highest BCUT2D eigenvalue weighted by Gasteiger charge is 2.27. The van der Waals surface area contributed by atoms with Crippen molar-refractivity contribution in [3.05, 3.63) is 65.2 Å². The topological polar surface area (TPSA) is 69.0 Å².